The van der Waals surface area contributed by atoms with Crippen LogP contribution in [0.1, 0.15) is 47.2 Å². The zero-order valence-electron chi connectivity index (χ0n) is 16.2. The summed E-state index contributed by atoms with van der Waals surface area (Å²) >= 11 is 0. The molecule has 0 saturated carbocycles. The van der Waals surface area contributed by atoms with E-state index in [9.17, 15) is 9.59 Å². The maximum absolute atomic E-state index is 13.1. The van der Waals surface area contributed by atoms with Crippen LogP contribution in [0.2, 0.25) is 0 Å². The van der Waals surface area contributed by atoms with Crippen molar-refractivity contribution in [3.63, 3.8) is 0 Å². The summed E-state index contributed by atoms with van der Waals surface area (Å²) in [6, 6.07) is 17.7. The van der Waals surface area contributed by atoms with E-state index in [4.69, 9.17) is 0 Å². The molecule has 0 spiro atoms. The van der Waals surface area contributed by atoms with Gasteiger partial charge < -0.3 is 9.80 Å². The molecule has 4 nitrogen and oxygen atoms in total. The van der Waals surface area contributed by atoms with E-state index in [0.29, 0.717) is 31.7 Å². The molecule has 4 heteroatoms. The van der Waals surface area contributed by atoms with E-state index in [1.54, 1.807) is 0 Å². The molecular weight excluding hydrogens is 336 g/mol. The van der Waals surface area contributed by atoms with Crippen LogP contribution in [0.15, 0.2) is 54.6 Å². The van der Waals surface area contributed by atoms with Gasteiger partial charge in [-0.25, -0.2) is 0 Å². The number of carbonyl (C=O) groups is 2. The monoisotopic (exact) mass is 364 g/mol. The summed E-state index contributed by atoms with van der Waals surface area (Å²) in [5, 5.41) is 0. The Labute approximate surface area is 161 Å². The lowest BCUT2D eigenvalue weighted by atomic mass is 9.93. The standard InChI is InChI=1S/C23H28N2O2/c1-3-7-21(19-8-5-4-6-9-19)23(27)25-16-14-24(15-17-25)22(26)20-12-10-18(2)11-13-20/h4-6,8-13,21H,3,7,14-17H2,1-2H3. The SMILES string of the molecule is CCCC(C(=O)N1CCN(C(=O)c2ccc(C)cc2)CC1)c1ccccc1. The summed E-state index contributed by atoms with van der Waals surface area (Å²) < 4.78 is 0. The summed E-state index contributed by atoms with van der Waals surface area (Å²) in [6.07, 6.45) is 1.82. The van der Waals surface area contributed by atoms with Crippen molar-refractivity contribution in [3.05, 3.63) is 71.3 Å². The third-order valence-electron chi connectivity index (χ3n) is 5.25. The van der Waals surface area contributed by atoms with E-state index >= 15 is 0 Å². The molecule has 27 heavy (non-hydrogen) atoms. The summed E-state index contributed by atoms with van der Waals surface area (Å²) in [7, 11) is 0. The average Bonchev–Trinajstić information content (AvgIpc) is 2.72. The molecule has 1 heterocycles. The first-order chi connectivity index (χ1) is 13.1. The third kappa shape index (κ3) is 4.57. The van der Waals surface area contributed by atoms with Gasteiger partial charge in [0.25, 0.3) is 5.91 Å². The molecule has 1 aliphatic rings. The Morgan fingerprint density at radius 3 is 2.07 bits per heavy atom. The van der Waals surface area contributed by atoms with Crippen LogP contribution in [-0.2, 0) is 4.79 Å². The normalized spacial score (nSPS) is 15.5. The highest BCUT2D eigenvalue weighted by atomic mass is 16.2. The third-order valence-corrected chi connectivity index (χ3v) is 5.25. The molecular formula is C23H28N2O2. The second-order valence-electron chi connectivity index (χ2n) is 7.24. The van der Waals surface area contributed by atoms with Crippen LogP contribution in [0.5, 0.6) is 0 Å². The Hall–Kier alpha value is -2.62. The summed E-state index contributed by atoms with van der Waals surface area (Å²) in [5.74, 6) is 0.149. The van der Waals surface area contributed by atoms with Gasteiger partial charge in [0.2, 0.25) is 5.91 Å². The molecule has 1 unspecified atom stereocenters. The van der Waals surface area contributed by atoms with Crippen molar-refractivity contribution in [2.45, 2.75) is 32.6 Å². The van der Waals surface area contributed by atoms with Crippen molar-refractivity contribution < 1.29 is 9.59 Å². The predicted octanol–water partition coefficient (Wildman–Crippen LogP) is 3.86. The molecule has 2 amide bonds. The molecule has 142 valence electrons. The van der Waals surface area contributed by atoms with Gasteiger partial charge in [0.15, 0.2) is 0 Å². The Balaban J connectivity index is 1.63. The second kappa shape index (κ2) is 8.85. The van der Waals surface area contributed by atoms with Crippen molar-refractivity contribution in [1.29, 1.82) is 0 Å². The molecule has 0 bridgehead atoms. The van der Waals surface area contributed by atoms with Gasteiger partial charge in [-0.1, -0.05) is 61.4 Å². The minimum absolute atomic E-state index is 0.0512. The fourth-order valence-corrected chi connectivity index (χ4v) is 3.64. The van der Waals surface area contributed by atoms with Gasteiger partial charge in [-0.05, 0) is 31.0 Å². The highest BCUT2D eigenvalue weighted by Gasteiger charge is 2.29. The minimum Gasteiger partial charge on any atom is -0.339 e. The number of carbonyl (C=O) groups excluding carboxylic acids is 2. The zero-order valence-corrected chi connectivity index (χ0v) is 16.2. The van der Waals surface area contributed by atoms with Crippen molar-refractivity contribution in [3.8, 4) is 0 Å². The van der Waals surface area contributed by atoms with Crippen LogP contribution >= 0.6 is 0 Å². The maximum atomic E-state index is 13.1. The summed E-state index contributed by atoms with van der Waals surface area (Å²) in [5.41, 5.74) is 2.95. The zero-order chi connectivity index (χ0) is 19.2. The first kappa shape index (κ1) is 19.2. The van der Waals surface area contributed by atoms with Crippen molar-refractivity contribution in [1.82, 2.24) is 9.80 Å². The van der Waals surface area contributed by atoms with Crippen LogP contribution in [0, 0.1) is 6.92 Å². The van der Waals surface area contributed by atoms with E-state index in [2.05, 4.69) is 6.92 Å². The Kier molecular flexibility index (Phi) is 6.28. The Bertz CT molecular complexity index is 763. The molecule has 1 aliphatic heterocycles. The topological polar surface area (TPSA) is 40.6 Å². The highest BCUT2D eigenvalue weighted by Crippen LogP contribution is 2.24. The Morgan fingerprint density at radius 2 is 1.48 bits per heavy atom. The fourth-order valence-electron chi connectivity index (χ4n) is 3.64. The van der Waals surface area contributed by atoms with Crippen LogP contribution in [0.3, 0.4) is 0 Å². The number of hydrogen-bond acceptors (Lipinski definition) is 2. The number of benzene rings is 2. The van der Waals surface area contributed by atoms with E-state index < -0.39 is 0 Å². The van der Waals surface area contributed by atoms with Crippen molar-refractivity contribution >= 4 is 11.8 Å². The van der Waals surface area contributed by atoms with Gasteiger partial charge in [0.1, 0.15) is 0 Å². The quantitative estimate of drug-likeness (QED) is 0.808. The average molecular weight is 364 g/mol. The first-order valence-electron chi connectivity index (χ1n) is 9.80. The molecule has 2 aromatic carbocycles. The largest absolute Gasteiger partial charge is 0.339 e. The van der Waals surface area contributed by atoms with Crippen molar-refractivity contribution in [2.24, 2.45) is 0 Å². The Morgan fingerprint density at radius 1 is 0.889 bits per heavy atom. The maximum Gasteiger partial charge on any atom is 0.253 e. The molecule has 1 atom stereocenters. The number of rotatable bonds is 5. The van der Waals surface area contributed by atoms with Gasteiger partial charge in [0.05, 0.1) is 5.92 Å². The van der Waals surface area contributed by atoms with Gasteiger partial charge >= 0.3 is 0 Å². The molecule has 0 radical (unpaired) electrons. The van der Waals surface area contributed by atoms with Crippen LogP contribution < -0.4 is 0 Å². The van der Waals surface area contributed by atoms with Crippen LogP contribution in [0.25, 0.3) is 0 Å². The number of amides is 2. The molecule has 0 N–H and O–H groups in total. The lowest BCUT2D eigenvalue weighted by Crippen LogP contribution is -2.51. The number of nitrogens with zero attached hydrogens (tertiary/aromatic N) is 2. The van der Waals surface area contributed by atoms with Crippen LogP contribution in [-0.4, -0.2) is 47.8 Å². The fraction of sp³-hybridized carbons (Fsp3) is 0.391. The molecule has 0 aromatic heterocycles. The van der Waals surface area contributed by atoms with Crippen molar-refractivity contribution in [2.75, 3.05) is 26.2 Å². The molecule has 1 fully saturated rings. The number of hydrogen-bond donors (Lipinski definition) is 0. The van der Waals surface area contributed by atoms with Gasteiger partial charge in [-0.15, -0.1) is 0 Å². The molecule has 3 rings (SSSR count). The number of piperazine rings is 1. The van der Waals surface area contributed by atoms with Crippen LogP contribution in [0.4, 0.5) is 0 Å². The number of aryl methyl sites for hydroxylation is 1. The predicted molar refractivity (Wildman–Crippen MR) is 108 cm³/mol. The summed E-state index contributed by atoms with van der Waals surface area (Å²) in [4.78, 5) is 29.5. The lowest BCUT2D eigenvalue weighted by Gasteiger charge is -2.36. The molecule has 2 aromatic rings. The van der Waals surface area contributed by atoms with E-state index in [1.165, 1.54) is 0 Å². The second-order valence-corrected chi connectivity index (χ2v) is 7.24. The van der Waals surface area contributed by atoms with E-state index in [-0.39, 0.29) is 17.7 Å². The highest BCUT2D eigenvalue weighted by molar-refractivity contribution is 5.94. The van der Waals surface area contributed by atoms with Gasteiger partial charge in [-0.2, -0.15) is 0 Å². The molecule has 1 saturated heterocycles. The van der Waals surface area contributed by atoms with Gasteiger partial charge in [-0.3, -0.25) is 9.59 Å². The summed E-state index contributed by atoms with van der Waals surface area (Å²) in [6.45, 7) is 6.50. The lowest BCUT2D eigenvalue weighted by molar-refractivity contribution is -0.134. The first-order valence-corrected chi connectivity index (χ1v) is 9.80. The van der Waals surface area contributed by atoms with Gasteiger partial charge in [0, 0.05) is 31.7 Å². The van der Waals surface area contributed by atoms with E-state index in [1.807, 2.05) is 71.3 Å². The smallest absolute Gasteiger partial charge is 0.253 e. The van der Waals surface area contributed by atoms with E-state index in [0.717, 1.165) is 24.0 Å². The minimum atomic E-state index is -0.0875. The molecule has 0 aliphatic carbocycles.